The van der Waals surface area contributed by atoms with E-state index in [0.717, 1.165) is 25.7 Å². The zero-order chi connectivity index (χ0) is 20.3. The van der Waals surface area contributed by atoms with Crippen LogP contribution in [0.25, 0.3) is 0 Å². The molecule has 1 unspecified atom stereocenters. The van der Waals surface area contributed by atoms with Crippen LogP contribution >= 0.6 is 0 Å². The van der Waals surface area contributed by atoms with Gasteiger partial charge in [0, 0.05) is 50.3 Å². The first kappa shape index (κ1) is 19.6. The summed E-state index contributed by atoms with van der Waals surface area (Å²) >= 11 is 0. The molecule has 2 aromatic rings. The second-order valence-electron chi connectivity index (χ2n) is 7.95. The zero-order valence-corrected chi connectivity index (χ0v) is 16.6. The molecule has 29 heavy (non-hydrogen) atoms. The van der Waals surface area contributed by atoms with Crippen LogP contribution in [-0.4, -0.2) is 58.7 Å². The predicted octanol–water partition coefficient (Wildman–Crippen LogP) is 2.21. The highest BCUT2D eigenvalue weighted by Gasteiger charge is 2.41. The number of pyridine rings is 1. The van der Waals surface area contributed by atoms with Crippen LogP contribution in [0, 0.1) is 12.8 Å². The topological polar surface area (TPSA) is 97.6 Å². The number of aryl methyl sites for hydroxylation is 1. The second kappa shape index (κ2) is 8.32. The minimum Gasteiger partial charge on any atom is -0.375 e. The van der Waals surface area contributed by atoms with Crippen LogP contribution in [0.4, 0.5) is 0 Å². The Morgan fingerprint density at radius 2 is 2.03 bits per heavy atom. The highest BCUT2D eigenvalue weighted by molar-refractivity contribution is 5.94. The van der Waals surface area contributed by atoms with E-state index in [4.69, 9.17) is 9.26 Å². The molecule has 8 nitrogen and oxygen atoms in total. The summed E-state index contributed by atoms with van der Waals surface area (Å²) in [7, 11) is 0. The largest absolute Gasteiger partial charge is 0.375 e. The quantitative estimate of drug-likeness (QED) is 0.848. The van der Waals surface area contributed by atoms with Crippen molar-refractivity contribution < 1.29 is 18.8 Å². The summed E-state index contributed by atoms with van der Waals surface area (Å²) in [6, 6.07) is 5.10. The van der Waals surface area contributed by atoms with Crippen molar-refractivity contribution in [2.75, 3.05) is 26.2 Å². The molecule has 1 atom stereocenters. The molecular formula is C21H26N4O4. The van der Waals surface area contributed by atoms with Gasteiger partial charge in [0.2, 0.25) is 0 Å². The molecule has 0 radical (unpaired) electrons. The number of rotatable bonds is 4. The van der Waals surface area contributed by atoms with Gasteiger partial charge in [0.1, 0.15) is 5.76 Å². The maximum absolute atomic E-state index is 12.6. The first-order chi connectivity index (χ1) is 14.0. The van der Waals surface area contributed by atoms with E-state index in [9.17, 15) is 9.59 Å². The van der Waals surface area contributed by atoms with E-state index in [2.05, 4.69) is 15.5 Å². The van der Waals surface area contributed by atoms with Gasteiger partial charge in [0.25, 0.3) is 11.8 Å². The van der Waals surface area contributed by atoms with E-state index in [-0.39, 0.29) is 17.4 Å². The molecule has 4 rings (SSSR count). The minimum atomic E-state index is -0.208. The van der Waals surface area contributed by atoms with Crippen LogP contribution in [-0.2, 0) is 4.74 Å². The molecule has 0 aliphatic carbocycles. The lowest BCUT2D eigenvalue weighted by Crippen LogP contribution is -2.51. The third-order valence-corrected chi connectivity index (χ3v) is 5.90. The summed E-state index contributed by atoms with van der Waals surface area (Å²) in [5.74, 6) is 0.842. The lowest BCUT2D eigenvalue weighted by atomic mass is 9.79. The van der Waals surface area contributed by atoms with Gasteiger partial charge in [-0.3, -0.25) is 14.6 Å². The van der Waals surface area contributed by atoms with Crippen molar-refractivity contribution in [3.63, 3.8) is 0 Å². The number of hydrogen-bond donors (Lipinski definition) is 1. The smallest absolute Gasteiger partial charge is 0.276 e. The van der Waals surface area contributed by atoms with Crippen molar-refractivity contribution in [1.29, 1.82) is 0 Å². The Morgan fingerprint density at radius 3 is 2.72 bits per heavy atom. The predicted molar refractivity (Wildman–Crippen MR) is 104 cm³/mol. The Morgan fingerprint density at radius 1 is 1.28 bits per heavy atom. The maximum Gasteiger partial charge on any atom is 0.276 e. The Bertz CT molecular complexity index is 859. The van der Waals surface area contributed by atoms with Crippen LogP contribution in [0.5, 0.6) is 0 Å². The van der Waals surface area contributed by atoms with Crippen molar-refractivity contribution >= 4 is 11.8 Å². The summed E-state index contributed by atoms with van der Waals surface area (Å²) in [4.78, 5) is 30.6. The fourth-order valence-corrected chi connectivity index (χ4v) is 4.24. The van der Waals surface area contributed by atoms with Crippen molar-refractivity contribution in [1.82, 2.24) is 20.4 Å². The van der Waals surface area contributed by atoms with Crippen LogP contribution in [0.1, 0.15) is 52.3 Å². The average molecular weight is 398 g/mol. The Labute approximate surface area is 169 Å². The third-order valence-electron chi connectivity index (χ3n) is 5.90. The van der Waals surface area contributed by atoms with E-state index in [0.29, 0.717) is 49.2 Å². The Hall–Kier alpha value is -2.74. The second-order valence-corrected chi connectivity index (χ2v) is 7.95. The molecule has 0 aromatic carbocycles. The number of ether oxygens (including phenoxy) is 1. The normalized spacial score (nSPS) is 21.1. The highest BCUT2D eigenvalue weighted by Crippen LogP contribution is 2.37. The summed E-state index contributed by atoms with van der Waals surface area (Å²) in [5.41, 5.74) is 0.775. The summed E-state index contributed by atoms with van der Waals surface area (Å²) in [6.07, 6.45) is 6.66. The number of hydrogen-bond acceptors (Lipinski definition) is 6. The van der Waals surface area contributed by atoms with Gasteiger partial charge in [0.05, 0.1) is 5.60 Å². The fourth-order valence-electron chi connectivity index (χ4n) is 4.24. The molecule has 154 valence electrons. The van der Waals surface area contributed by atoms with Crippen molar-refractivity contribution in [2.24, 2.45) is 5.92 Å². The Kier molecular flexibility index (Phi) is 5.62. The lowest BCUT2D eigenvalue weighted by Gasteiger charge is -2.46. The first-order valence-electron chi connectivity index (χ1n) is 10.1. The van der Waals surface area contributed by atoms with E-state index >= 15 is 0 Å². The van der Waals surface area contributed by atoms with Gasteiger partial charge in [-0.15, -0.1) is 0 Å². The summed E-state index contributed by atoms with van der Waals surface area (Å²) in [5, 5.41) is 6.87. The molecule has 8 heteroatoms. The highest BCUT2D eigenvalue weighted by atomic mass is 16.5. The molecule has 2 aromatic heterocycles. The number of amides is 2. The first-order valence-corrected chi connectivity index (χ1v) is 10.1. The monoisotopic (exact) mass is 398 g/mol. The van der Waals surface area contributed by atoms with Crippen LogP contribution in [0.2, 0.25) is 0 Å². The molecule has 2 amide bonds. The molecule has 1 N–H and O–H groups in total. The van der Waals surface area contributed by atoms with Crippen molar-refractivity contribution in [3.8, 4) is 0 Å². The molecule has 0 bridgehead atoms. The number of piperidine rings is 1. The van der Waals surface area contributed by atoms with E-state index in [1.807, 2.05) is 4.90 Å². The third kappa shape index (κ3) is 4.48. The molecule has 2 aliphatic heterocycles. The molecule has 4 heterocycles. The van der Waals surface area contributed by atoms with Gasteiger partial charge in [0.15, 0.2) is 5.69 Å². The molecular weight excluding hydrogens is 372 g/mol. The molecule has 2 fully saturated rings. The number of likely N-dealkylation sites (tertiary alicyclic amines) is 1. The standard InChI is InChI=1S/C21H26N4O4/c1-15-12-18(24-29-15)20(27)25-9-5-21(6-10-25)13-16(4-11-28-21)14-23-19(26)17-2-7-22-8-3-17/h2-3,7-8,12,16H,4-6,9-11,13-14H2,1H3,(H,23,26). The van der Waals surface area contributed by atoms with Crippen molar-refractivity contribution in [2.45, 2.75) is 38.2 Å². The molecule has 2 saturated heterocycles. The van der Waals surface area contributed by atoms with E-state index < -0.39 is 0 Å². The maximum atomic E-state index is 12.6. The minimum absolute atomic E-state index is 0.0729. The molecule has 1 spiro atoms. The summed E-state index contributed by atoms with van der Waals surface area (Å²) in [6.45, 7) is 4.37. The molecule has 0 saturated carbocycles. The number of carbonyl (C=O) groups is 2. The Balaban J connectivity index is 1.29. The van der Waals surface area contributed by atoms with Crippen molar-refractivity contribution in [3.05, 3.63) is 47.6 Å². The van der Waals surface area contributed by atoms with Gasteiger partial charge in [-0.05, 0) is 50.7 Å². The lowest BCUT2D eigenvalue weighted by molar-refractivity contribution is -0.122. The van der Waals surface area contributed by atoms with Gasteiger partial charge in [-0.2, -0.15) is 0 Å². The van der Waals surface area contributed by atoms with Crippen LogP contribution in [0.3, 0.4) is 0 Å². The van der Waals surface area contributed by atoms with Gasteiger partial charge < -0.3 is 19.5 Å². The SMILES string of the molecule is Cc1cc(C(=O)N2CCC3(CC2)CC(CNC(=O)c2ccncc2)CCO3)no1. The van der Waals surface area contributed by atoms with Gasteiger partial charge in [-0.1, -0.05) is 5.16 Å². The van der Waals surface area contributed by atoms with Gasteiger partial charge >= 0.3 is 0 Å². The van der Waals surface area contributed by atoms with Crippen LogP contribution < -0.4 is 5.32 Å². The molecule has 2 aliphatic rings. The summed E-state index contributed by atoms with van der Waals surface area (Å²) < 4.78 is 11.2. The zero-order valence-electron chi connectivity index (χ0n) is 16.6. The number of carbonyl (C=O) groups excluding carboxylic acids is 2. The van der Waals surface area contributed by atoms with E-state index in [1.165, 1.54) is 0 Å². The number of aromatic nitrogens is 2. The van der Waals surface area contributed by atoms with E-state index in [1.54, 1.807) is 37.5 Å². The fraction of sp³-hybridized carbons (Fsp3) is 0.524. The number of nitrogens with one attached hydrogen (secondary N) is 1. The van der Waals surface area contributed by atoms with Crippen LogP contribution in [0.15, 0.2) is 35.1 Å². The van der Waals surface area contributed by atoms with Gasteiger partial charge in [-0.25, -0.2) is 0 Å². The average Bonchev–Trinajstić information content (AvgIpc) is 3.19. The number of nitrogens with zero attached hydrogens (tertiary/aromatic N) is 3.